The SMILES string of the molecule is CSc1nc2ccc(NC(=O)c3cn(Cc4ccccc4)nn3)cc2s1. The number of carbonyl (C=O) groups is 1. The third kappa shape index (κ3) is 3.61. The predicted molar refractivity (Wildman–Crippen MR) is 105 cm³/mol. The van der Waals surface area contributed by atoms with Crippen LogP contribution < -0.4 is 5.32 Å². The molecule has 0 fully saturated rings. The molecular formula is C18H15N5OS2. The summed E-state index contributed by atoms with van der Waals surface area (Å²) in [6.45, 7) is 0.575. The Morgan fingerprint density at radius 3 is 2.88 bits per heavy atom. The number of anilines is 1. The van der Waals surface area contributed by atoms with E-state index in [2.05, 4.69) is 20.6 Å². The molecule has 0 aliphatic rings. The van der Waals surface area contributed by atoms with E-state index >= 15 is 0 Å². The number of hydrogen-bond donors (Lipinski definition) is 1. The Kier molecular flexibility index (Phi) is 4.68. The van der Waals surface area contributed by atoms with Crippen molar-refractivity contribution in [3.63, 3.8) is 0 Å². The van der Waals surface area contributed by atoms with E-state index in [0.717, 1.165) is 25.8 Å². The van der Waals surface area contributed by atoms with Gasteiger partial charge in [-0.15, -0.1) is 16.4 Å². The van der Waals surface area contributed by atoms with Gasteiger partial charge in [0.05, 0.1) is 23.0 Å². The second-order valence-corrected chi connectivity index (χ2v) is 7.69. The highest BCUT2D eigenvalue weighted by Gasteiger charge is 2.12. The Labute approximate surface area is 158 Å². The van der Waals surface area contributed by atoms with E-state index in [1.54, 1.807) is 34.0 Å². The number of nitrogens with one attached hydrogen (secondary N) is 1. The highest BCUT2D eigenvalue weighted by atomic mass is 32.2. The lowest BCUT2D eigenvalue weighted by Gasteiger charge is -2.02. The van der Waals surface area contributed by atoms with Crippen molar-refractivity contribution in [3.8, 4) is 0 Å². The van der Waals surface area contributed by atoms with Crippen LogP contribution in [0.3, 0.4) is 0 Å². The van der Waals surface area contributed by atoms with Crippen LogP contribution in [0, 0.1) is 0 Å². The summed E-state index contributed by atoms with van der Waals surface area (Å²) < 4.78 is 3.70. The molecule has 0 atom stereocenters. The molecule has 8 heteroatoms. The van der Waals surface area contributed by atoms with Gasteiger partial charge in [-0.2, -0.15) is 0 Å². The third-order valence-corrected chi connectivity index (χ3v) is 5.76. The molecule has 0 aliphatic carbocycles. The van der Waals surface area contributed by atoms with Crippen molar-refractivity contribution in [3.05, 3.63) is 66.0 Å². The van der Waals surface area contributed by atoms with Crippen LogP contribution in [-0.2, 0) is 6.54 Å². The smallest absolute Gasteiger partial charge is 0.277 e. The molecule has 2 aromatic carbocycles. The first-order chi connectivity index (χ1) is 12.7. The first-order valence-electron chi connectivity index (χ1n) is 7.91. The predicted octanol–water partition coefficient (Wildman–Crippen LogP) is 3.91. The third-order valence-electron chi connectivity index (χ3n) is 3.76. The molecule has 2 heterocycles. The standard InChI is InChI=1S/C18H15N5OS2/c1-25-18-20-14-8-7-13(9-16(14)26-18)19-17(24)15-11-23(22-21-15)10-12-5-3-2-4-6-12/h2-9,11H,10H2,1H3,(H,19,24). The van der Waals surface area contributed by atoms with Gasteiger partial charge in [-0.3, -0.25) is 4.79 Å². The Balaban J connectivity index is 1.48. The first-order valence-corrected chi connectivity index (χ1v) is 9.95. The van der Waals surface area contributed by atoms with E-state index in [0.29, 0.717) is 6.54 Å². The van der Waals surface area contributed by atoms with Crippen LogP contribution in [0.15, 0.2) is 59.1 Å². The lowest BCUT2D eigenvalue weighted by molar-refractivity contribution is 0.102. The quantitative estimate of drug-likeness (QED) is 0.531. The van der Waals surface area contributed by atoms with Gasteiger partial charge in [0, 0.05) is 5.69 Å². The van der Waals surface area contributed by atoms with Crippen LogP contribution in [0.1, 0.15) is 16.1 Å². The zero-order valence-corrected chi connectivity index (χ0v) is 15.5. The van der Waals surface area contributed by atoms with Gasteiger partial charge in [0.25, 0.3) is 5.91 Å². The number of carbonyl (C=O) groups excluding carboxylic acids is 1. The fraction of sp³-hybridized carbons (Fsp3) is 0.111. The molecule has 1 amide bonds. The van der Waals surface area contributed by atoms with Crippen LogP contribution >= 0.6 is 23.1 Å². The van der Waals surface area contributed by atoms with E-state index in [9.17, 15) is 4.79 Å². The summed E-state index contributed by atoms with van der Waals surface area (Å²) in [4.78, 5) is 16.9. The number of thiazole rings is 1. The Bertz CT molecular complexity index is 1060. The first kappa shape index (κ1) is 16.7. The molecule has 0 unspecified atom stereocenters. The highest BCUT2D eigenvalue weighted by Crippen LogP contribution is 2.30. The van der Waals surface area contributed by atoms with Crippen LogP contribution in [0.2, 0.25) is 0 Å². The lowest BCUT2D eigenvalue weighted by Crippen LogP contribution is -2.12. The molecule has 0 saturated heterocycles. The maximum Gasteiger partial charge on any atom is 0.277 e. The van der Waals surface area contributed by atoms with Gasteiger partial charge in [-0.1, -0.05) is 47.3 Å². The highest BCUT2D eigenvalue weighted by molar-refractivity contribution is 8.00. The second-order valence-electron chi connectivity index (χ2n) is 5.61. The number of thioether (sulfide) groups is 1. The Morgan fingerprint density at radius 2 is 2.08 bits per heavy atom. The molecule has 0 bridgehead atoms. The molecule has 1 N–H and O–H groups in total. The molecule has 0 aliphatic heterocycles. The van der Waals surface area contributed by atoms with Gasteiger partial charge in [0.1, 0.15) is 0 Å². The van der Waals surface area contributed by atoms with Gasteiger partial charge in [0.2, 0.25) is 0 Å². The average molecular weight is 381 g/mol. The number of benzene rings is 2. The van der Waals surface area contributed by atoms with E-state index in [-0.39, 0.29) is 11.6 Å². The normalized spacial score (nSPS) is 11.0. The van der Waals surface area contributed by atoms with Crippen molar-refractivity contribution >= 4 is 44.9 Å². The molecule has 4 rings (SSSR count). The topological polar surface area (TPSA) is 72.7 Å². The Morgan fingerprint density at radius 1 is 1.23 bits per heavy atom. The molecule has 6 nitrogen and oxygen atoms in total. The summed E-state index contributed by atoms with van der Waals surface area (Å²) >= 11 is 3.22. The summed E-state index contributed by atoms with van der Waals surface area (Å²) in [5, 5.41) is 10.9. The molecule has 0 saturated carbocycles. The van der Waals surface area contributed by atoms with Gasteiger partial charge in [0.15, 0.2) is 10.0 Å². The van der Waals surface area contributed by atoms with Gasteiger partial charge >= 0.3 is 0 Å². The molecule has 0 spiro atoms. The molecule has 0 radical (unpaired) electrons. The van der Waals surface area contributed by atoms with Crippen molar-refractivity contribution in [2.24, 2.45) is 0 Å². The van der Waals surface area contributed by atoms with Crippen LogP contribution in [0.5, 0.6) is 0 Å². The summed E-state index contributed by atoms with van der Waals surface area (Å²) in [5.41, 5.74) is 3.04. The molecule has 4 aromatic rings. The zero-order valence-electron chi connectivity index (χ0n) is 13.9. The van der Waals surface area contributed by atoms with Crippen molar-refractivity contribution in [1.29, 1.82) is 0 Å². The zero-order chi connectivity index (χ0) is 17.9. The number of rotatable bonds is 5. The number of amides is 1. The van der Waals surface area contributed by atoms with E-state index < -0.39 is 0 Å². The molecule has 130 valence electrons. The Hall–Kier alpha value is -2.71. The van der Waals surface area contributed by atoms with Gasteiger partial charge < -0.3 is 5.32 Å². The molecule has 2 aromatic heterocycles. The fourth-order valence-electron chi connectivity index (χ4n) is 2.51. The van der Waals surface area contributed by atoms with E-state index in [1.807, 2.05) is 54.8 Å². The number of aromatic nitrogens is 4. The largest absolute Gasteiger partial charge is 0.320 e. The maximum atomic E-state index is 12.4. The minimum absolute atomic E-state index is 0.279. The second kappa shape index (κ2) is 7.27. The monoisotopic (exact) mass is 381 g/mol. The lowest BCUT2D eigenvalue weighted by atomic mass is 10.2. The number of hydrogen-bond acceptors (Lipinski definition) is 6. The van der Waals surface area contributed by atoms with Gasteiger partial charge in [-0.05, 0) is 30.0 Å². The maximum absolute atomic E-state index is 12.4. The van der Waals surface area contributed by atoms with E-state index in [4.69, 9.17) is 0 Å². The number of fused-ring (bicyclic) bond motifs is 1. The number of nitrogens with zero attached hydrogens (tertiary/aromatic N) is 4. The van der Waals surface area contributed by atoms with Crippen molar-refractivity contribution in [2.45, 2.75) is 10.9 Å². The van der Waals surface area contributed by atoms with Crippen LogP contribution in [0.25, 0.3) is 10.2 Å². The molecular weight excluding hydrogens is 366 g/mol. The fourth-order valence-corrected chi connectivity index (χ4v) is 4.04. The van der Waals surface area contributed by atoms with Crippen molar-refractivity contribution in [2.75, 3.05) is 11.6 Å². The average Bonchev–Trinajstić information content (AvgIpc) is 3.28. The van der Waals surface area contributed by atoms with Crippen LogP contribution in [0.4, 0.5) is 5.69 Å². The van der Waals surface area contributed by atoms with Crippen molar-refractivity contribution < 1.29 is 4.79 Å². The molecule has 26 heavy (non-hydrogen) atoms. The minimum atomic E-state index is -0.279. The van der Waals surface area contributed by atoms with E-state index in [1.165, 1.54) is 0 Å². The summed E-state index contributed by atoms with van der Waals surface area (Å²) in [7, 11) is 0. The van der Waals surface area contributed by atoms with Crippen LogP contribution in [-0.4, -0.2) is 32.1 Å². The summed E-state index contributed by atoms with van der Waals surface area (Å²) in [6.07, 6.45) is 3.65. The summed E-state index contributed by atoms with van der Waals surface area (Å²) in [6, 6.07) is 15.6. The van der Waals surface area contributed by atoms with Crippen molar-refractivity contribution in [1.82, 2.24) is 20.0 Å². The van der Waals surface area contributed by atoms with Gasteiger partial charge in [-0.25, -0.2) is 9.67 Å². The minimum Gasteiger partial charge on any atom is -0.320 e. The summed E-state index contributed by atoms with van der Waals surface area (Å²) in [5.74, 6) is -0.279.